The molecule has 0 bridgehead atoms. The molecule has 0 aliphatic carbocycles. The van der Waals surface area contributed by atoms with Gasteiger partial charge in [0.15, 0.2) is 0 Å². The maximum atomic E-state index is 12.1. The van der Waals surface area contributed by atoms with Crippen LogP contribution in [0, 0.1) is 20.8 Å². The maximum absolute atomic E-state index is 12.1. The first-order chi connectivity index (χ1) is 8.73. The summed E-state index contributed by atoms with van der Waals surface area (Å²) in [5.41, 5.74) is 9.53. The Bertz CT molecular complexity index is 513. The standard InChI is InChI=1S/C14H21BrN2O2/c1-7-8(2)13(19-6)12(9(3)11(7)15)17(5)14(18)10(4)16/h10H,16H2,1-6H3. The summed E-state index contributed by atoms with van der Waals surface area (Å²) in [6.07, 6.45) is 0. The first-order valence-corrected chi connectivity index (χ1v) is 6.89. The van der Waals surface area contributed by atoms with E-state index in [1.807, 2.05) is 20.8 Å². The number of hydrogen-bond acceptors (Lipinski definition) is 3. The third-order valence-electron chi connectivity index (χ3n) is 3.39. The Morgan fingerprint density at radius 1 is 1.26 bits per heavy atom. The molecule has 1 atom stereocenters. The van der Waals surface area contributed by atoms with Crippen molar-refractivity contribution in [3.8, 4) is 5.75 Å². The summed E-state index contributed by atoms with van der Waals surface area (Å²) in [6, 6.07) is -0.547. The molecule has 5 heteroatoms. The topological polar surface area (TPSA) is 55.6 Å². The van der Waals surface area contributed by atoms with Gasteiger partial charge in [-0.05, 0) is 44.4 Å². The van der Waals surface area contributed by atoms with Crippen LogP contribution >= 0.6 is 15.9 Å². The van der Waals surface area contributed by atoms with E-state index in [2.05, 4.69) is 15.9 Å². The van der Waals surface area contributed by atoms with E-state index in [1.54, 1.807) is 26.0 Å². The maximum Gasteiger partial charge on any atom is 0.243 e. The van der Waals surface area contributed by atoms with E-state index >= 15 is 0 Å². The molecule has 0 heterocycles. The van der Waals surface area contributed by atoms with Gasteiger partial charge in [-0.2, -0.15) is 0 Å². The van der Waals surface area contributed by atoms with E-state index in [-0.39, 0.29) is 5.91 Å². The number of ether oxygens (including phenoxy) is 1. The van der Waals surface area contributed by atoms with Crippen molar-refractivity contribution in [3.63, 3.8) is 0 Å². The Kier molecular flexibility index (Phi) is 4.98. The number of carbonyl (C=O) groups is 1. The van der Waals surface area contributed by atoms with E-state index in [0.717, 1.165) is 32.6 Å². The lowest BCUT2D eigenvalue weighted by atomic mass is 10.0. The minimum atomic E-state index is -0.547. The first-order valence-electron chi connectivity index (χ1n) is 6.10. The Hall–Kier alpha value is -1.07. The molecule has 1 unspecified atom stereocenters. The zero-order chi connectivity index (χ0) is 14.9. The van der Waals surface area contributed by atoms with Crippen molar-refractivity contribution in [1.82, 2.24) is 0 Å². The molecule has 1 amide bonds. The number of methoxy groups -OCH3 is 1. The van der Waals surface area contributed by atoms with Crippen molar-refractivity contribution in [2.45, 2.75) is 33.7 Å². The van der Waals surface area contributed by atoms with Crippen LogP contribution in [0.15, 0.2) is 4.47 Å². The Balaban J connectivity index is 3.54. The third-order valence-corrected chi connectivity index (χ3v) is 4.58. The average Bonchev–Trinajstić information content (AvgIpc) is 2.38. The average molecular weight is 329 g/mol. The molecule has 0 aromatic heterocycles. The van der Waals surface area contributed by atoms with Crippen molar-refractivity contribution in [1.29, 1.82) is 0 Å². The number of amides is 1. The Labute approximate surface area is 123 Å². The van der Waals surface area contributed by atoms with Crippen molar-refractivity contribution in [3.05, 3.63) is 21.2 Å². The number of benzene rings is 1. The number of halogens is 1. The second-order valence-electron chi connectivity index (χ2n) is 4.76. The molecule has 1 aromatic carbocycles. The molecule has 2 N–H and O–H groups in total. The third kappa shape index (κ3) is 2.77. The highest BCUT2D eigenvalue weighted by Crippen LogP contribution is 2.41. The summed E-state index contributed by atoms with van der Waals surface area (Å²) < 4.78 is 6.48. The van der Waals surface area contributed by atoms with Gasteiger partial charge in [-0.25, -0.2) is 0 Å². The fourth-order valence-corrected chi connectivity index (χ4v) is 2.62. The zero-order valence-corrected chi connectivity index (χ0v) is 13.9. The van der Waals surface area contributed by atoms with Crippen LogP contribution in [0.3, 0.4) is 0 Å². The van der Waals surface area contributed by atoms with E-state index < -0.39 is 6.04 Å². The number of nitrogens with zero attached hydrogens (tertiary/aromatic N) is 1. The lowest BCUT2D eigenvalue weighted by molar-refractivity contribution is -0.119. The second kappa shape index (κ2) is 5.92. The number of nitrogens with two attached hydrogens (primary N) is 1. The molecule has 0 aliphatic rings. The van der Waals surface area contributed by atoms with Crippen LogP contribution in [0.25, 0.3) is 0 Å². The van der Waals surface area contributed by atoms with Crippen molar-refractivity contribution < 1.29 is 9.53 Å². The predicted molar refractivity (Wildman–Crippen MR) is 82.0 cm³/mol. The molecule has 106 valence electrons. The summed E-state index contributed by atoms with van der Waals surface area (Å²) >= 11 is 3.57. The number of hydrogen-bond donors (Lipinski definition) is 1. The van der Waals surface area contributed by atoms with E-state index in [9.17, 15) is 4.79 Å². The molecule has 0 saturated carbocycles. The fourth-order valence-electron chi connectivity index (χ4n) is 2.14. The minimum Gasteiger partial charge on any atom is -0.494 e. The highest BCUT2D eigenvalue weighted by molar-refractivity contribution is 9.10. The van der Waals surface area contributed by atoms with Gasteiger partial charge in [0.1, 0.15) is 5.75 Å². The Morgan fingerprint density at radius 3 is 2.21 bits per heavy atom. The molecule has 0 saturated heterocycles. The van der Waals surface area contributed by atoms with Gasteiger partial charge in [-0.15, -0.1) is 0 Å². The molecular weight excluding hydrogens is 308 g/mol. The SMILES string of the molecule is COc1c(C)c(C)c(Br)c(C)c1N(C)C(=O)C(C)N. The molecule has 1 rings (SSSR count). The van der Waals surface area contributed by atoms with Gasteiger partial charge < -0.3 is 15.4 Å². The van der Waals surface area contributed by atoms with Gasteiger partial charge in [-0.1, -0.05) is 15.9 Å². The van der Waals surface area contributed by atoms with Gasteiger partial charge in [0.05, 0.1) is 18.8 Å². The van der Waals surface area contributed by atoms with E-state index in [0.29, 0.717) is 0 Å². The van der Waals surface area contributed by atoms with Gasteiger partial charge in [-0.3, -0.25) is 4.79 Å². The normalized spacial score (nSPS) is 12.2. The highest BCUT2D eigenvalue weighted by atomic mass is 79.9. The largest absolute Gasteiger partial charge is 0.494 e. The quantitative estimate of drug-likeness (QED) is 0.928. The summed E-state index contributed by atoms with van der Waals surface area (Å²) in [7, 11) is 3.33. The van der Waals surface area contributed by atoms with E-state index in [1.165, 1.54) is 0 Å². The Morgan fingerprint density at radius 2 is 1.79 bits per heavy atom. The number of anilines is 1. The minimum absolute atomic E-state index is 0.142. The molecular formula is C14H21BrN2O2. The van der Waals surface area contributed by atoms with Gasteiger partial charge in [0.2, 0.25) is 5.91 Å². The molecule has 4 nitrogen and oxygen atoms in total. The van der Waals surface area contributed by atoms with Crippen LogP contribution in [0.1, 0.15) is 23.6 Å². The predicted octanol–water partition coefficient (Wildman–Crippen LogP) is 2.69. The highest BCUT2D eigenvalue weighted by Gasteiger charge is 2.24. The van der Waals surface area contributed by atoms with Crippen molar-refractivity contribution in [2.24, 2.45) is 5.73 Å². The number of carbonyl (C=O) groups excluding carboxylic acids is 1. The summed E-state index contributed by atoms with van der Waals surface area (Å²) in [5, 5.41) is 0. The lowest BCUT2D eigenvalue weighted by Crippen LogP contribution is -2.40. The van der Waals surface area contributed by atoms with Gasteiger partial charge in [0, 0.05) is 11.5 Å². The van der Waals surface area contributed by atoms with Crippen LogP contribution in [-0.4, -0.2) is 26.1 Å². The smallest absolute Gasteiger partial charge is 0.243 e. The zero-order valence-electron chi connectivity index (χ0n) is 12.3. The fraction of sp³-hybridized carbons (Fsp3) is 0.500. The van der Waals surface area contributed by atoms with E-state index in [4.69, 9.17) is 10.5 Å². The van der Waals surface area contributed by atoms with Gasteiger partial charge >= 0.3 is 0 Å². The number of rotatable bonds is 3. The lowest BCUT2D eigenvalue weighted by Gasteiger charge is -2.26. The van der Waals surface area contributed by atoms with Crippen LogP contribution in [0.4, 0.5) is 5.69 Å². The molecule has 1 aromatic rings. The summed E-state index contributed by atoms with van der Waals surface area (Å²) in [4.78, 5) is 13.7. The summed E-state index contributed by atoms with van der Waals surface area (Å²) in [6.45, 7) is 7.63. The van der Waals surface area contributed by atoms with Crippen molar-refractivity contribution >= 4 is 27.5 Å². The van der Waals surface area contributed by atoms with Crippen LogP contribution < -0.4 is 15.4 Å². The molecule has 0 aliphatic heterocycles. The second-order valence-corrected chi connectivity index (χ2v) is 5.55. The molecule has 0 spiro atoms. The van der Waals surface area contributed by atoms with Crippen LogP contribution in [0.5, 0.6) is 5.75 Å². The number of likely N-dealkylation sites (N-methyl/N-ethyl adjacent to an activating group) is 1. The molecule has 19 heavy (non-hydrogen) atoms. The van der Waals surface area contributed by atoms with Crippen molar-refractivity contribution in [2.75, 3.05) is 19.1 Å². The van der Waals surface area contributed by atoms with Gasteiger partial charge in [0.25, 0.3) is 0 Å². The first kappa shape index (κ1) is 16.0. The van der Waals surface area contributed by atoms with Crippen LogP contribution in [-0.2, 0) is 4.79 Å². The molecule has 0 fully saturated rings. The molecule has 0 radical (unpaired) electrons. The van der Waals surface area contributed by atoms with Crippen LogP contribution in [0.2, 0.25) is 0 Å². The monoisotopic (exact) mass is 328 g/mol. The summed E-state index contributed by atoms with van der Waals surface area (Å²) in [5.74, 6) is 0.575.